The number of hydrogen-bond acceptors (Lipinski definition) is 4. The van der Waals surface area contributed by atoms with Crippen molar-refractivity contribution in [1.29, 1.82) is 0 Å². The van der Waals surface area contributed by atoms with Crippen LogP contribution < -0.4 is 10.8 Å². The topological polar surface area (TPSA) is 87.7 Å². The number of amides is 2. The molecule has 0 saturated heterocycles. The number of alkyl carbamates (subject to hydrolysis) is 1. The minimum absolute atomic E-state index is 0.0371. The molecule has 0 aromatic heterocycles. The van der Waals surface area contributed by atoms with Gasteiger partial charge in [0.1, 0.15) is 5.60 Å². The van der Waals surface area contributed by atoms with E-state index in [1.807, 2.05) is 30.3 Å². The summed E-state index contributed by atoms with van der Waals surface area (Å²) < 4.78 is 5.18. The van der Waals surface area contributed by atoms with E-state index in [9.17, 15) is 9.59 Å². The van der Waals surface area contributed by atoms with E-state index in [4.69, 9.17) is 9.94 Å². The summed E-state index contributed by atoms with van der Waals surface area (Å²) in [6, 6.07) is 8.99. The van der Waals surface area contributed by atoms with E-state index < -0.39 is 23.6 Å². The van der Waals surface area contributed by atoms with E-state index >= 15 is 0 Å². The first-order valence-electron chi connectivity index (χ1n) is 6.76. The lowest BCUT2D eigenvalue weighted by atomic mass is 10.0. The molecule has 6 nitrogen and oxygen atoms in total. The van der Waals surface area contributed by atoms with Crippen molar-refractivity contribution in [3.63, 3.8) is 0 Å². The largest absolute Gasteiger partial charge is 0.444 e. The Labute approximate surface area is 124 Å². The molecule has 0 radical (unpaired) electrons. The van der Waals surface area contributed by atoms with Gasteiger partial charge in [-0.1, -0.05) is 30.3 Å². The Balaban J connectivity index is 2.68. The molecule has 1 aromatic rings. The molecule has 1 rings (SSSR count). The summed E-state index contributed by atoms with van der Waals surface area (Å²) in [6.07, 6.45) is -0.160. The fourth-order valence-electron chi connectivity index (χ4n) is 1.82. The second kappa shape index (κ2) is 7.64. The molecule has 0 heterocycles. The van der Waals surface area contributed by atoms with Crippen LogP contribution >= 0.6 is 0 Å². The Morgan fingerprint density at radius 1 is 1.24 bits per heavy atom. The fraction of sp³-hybridized carbons (Fsp3) is 0.467. The van der Waals surface area contributed by atoms with Crippen LogP contribution in [-0.4, -0.2) is 28.9 Å². The Hall–Kier alpha value is -2.08. The van der Waals surface area contributed by atoms with Crippen LogP contribution in [0.5, 0.6) is 0 Å². The van der Waals surface area contributed by atoms with Crippen molar-refractivity contribution >= 4 is 12.0 Å². The maximum atomic E-state index is 11.8. The summed E-state index contributed by atoms with van der Waals surface area (Å²) >= 11 is 0. The summed E-state index contributed by atoms with van der Waals surface area (Å²) in [5.74, 6) is -0.563. The quantitative estimate of drug-likeness (QED) is 0.572. The molecule has 0 aliphatic carbocycles. The summed E-state index contributed by atoms with van der Waals surface area (Å²) in [7, 11) is 0. The number of ether oxygens (including phenoxy) is 1. The maximum Gasteiger partial charge on any atom is 0.407 e. The standard InChI is InChI=1S/C15H22N2O4/c1-15(2,3)21-14(19)16-12(10-13(18)17-20)9-11-7-5-4-6-8-11/h4-8,12,20H,9-10H2,1-3H3,(H,16,19)(H,17,18)/t12-/m1/s1. The molecule has 0 aliphatic heterocycles. The first kappa shape index (κ1) is 17.0. The second-order valence-electron chi connectivity index (χ2n) is 5.77. The van der Waals surface area contributed by atoms with Crippen molar-refractivity contribution in [2.24, 2.45) is 0 Å². The van der Waals surface area contributed by atoms with Crippen LogP contribution in [0.25, 0.3) is 0 Å². The van der Waals surface area contributed by atoms with Crippen LogP contribution in [0.15, 0.2) is 30.3 Å². The van der Waals surface area contributed by atoms with E-state index in [0.717, 1.165) is 5.56 Å². The molecule has 3 N–H and O–H groups in total. The Morgan fingerprint density at radius 3 is 2.38 bits per heavy atom. The molecule has 0 spiro atoms. The normalized spacial score (nSPS) is 12.4. The molecule has 0 fully saturated rings. The van der Waals surface area contributed by atoms with Crippen molar-refractivity contribution in [3.05, 3.63) is 35.9 Å². The van der Waals surface area contributed by atoms with Gasteiger partial charge in [-0.3, -0.25) is 10.0 Å². The first-order valence-corrected chi connectivity index (χ1v) is 6.76. The monoisotopic (exact) mass is 294 g/mol. The first-order chi connectivity index (χ1) is 9.80. The highest BCUT2D eigenvalue weighted by Gasteiger charge is 2.21. The van der Waals surface area contributed by atoms with Crippen LogP contribution in [-0.2, 0) is 16.0 Å². The molecule has 0 unspecified atom stereocenters. The van der Waals surface area contributed by atoms with Crippen molar-refractivity contribution in [2.45, 2.75) is 45.3 Å². The number of hydroxylamine groups is 1. The van der Waals surface area contributed by atoms with Gasteiger partial charge in [-0.05, 0) is 32.8 Å². The zero-order chi connectivity index (χ0) is 15.9. The van der Waals surface area contributed by atoms with Gasteiger partial charge in [-0.25, -0.2) is 10.3 Å². The number of nitrogens with one attached hydrogen (secondary N) is 2. The number of carbonyl (C=O) groups is 2. The average Bonchev–Trinajstić information content (AvgIpc) is 2.37. The third-order valence-electron chi connectivity index (χ3n) is 2.60. The van der Waals surface area contributed by atoms with Gasteiger partial charge in [0.05, 0.1) is 0 Å². The second-order valence-corrected chi connectivity index (χ2v) is 5.77. The summed E-state index contributed by atoms with van der Waals surface area (Å²) in [6.45, 7) is 5.29. The van der Waals surface area contributed by atoms with Crippen molar-refractivity contribution in [2.75, 3.05) is 0 Å². The zero-order valence-electron chi connectivity index (χ0n) is 12.6. The Morgan fingerprint density at radius 2 is 1.86 bits per heavy atom. The smallest absolute Gasteiger partial charge is 0.407 e. The third-order valence-corrected chi connectivity index (χ3v) is 2.60. The van der Waals surface area contributed by atoms with Gasteiger partial charge in [-0.2, -0.15) is 0 Å². The molecule has 0 aliphatic rings. The number of rotatable bonds is 5. The van der Waals surface area contributed by atoms with E-state index in [-0.39, 0.29) is 6.42 Å². The highest BCUT2D eigenvalue weighted by atomic mass is 16.6. The van der Waals surface area contributed by atoms with Gasteiger partial charge in [0, 0.05) is 12.5 Å². The van der Waals surface area contributed by atoms with E-state index in [2.05, 4.69) is 5.32 Å². The van der Waals surface area contributed by atoms with Crippen LogP contribution in [0.2, 0.25) is 0 Å². The predicted octanol–water partition coefficient (Wildman–Crippen LogP) is 2.02. The fourth-order valence-corrected chi connectivity index (χ4v) is 1.82. The molecular formula is C15H22N2O4. The minimum Gasteiger partial charge on any atom is -0.444 e. The Kier molecular flexibility index (Phi) is 6.17. The molecule has 21 heavy (non-hydrogen) atoms. The molecule has 0 bridgehead atoms. The van der Waals surface area contributed by atoms with Crippen LogP contribution in [0.1, 0.15) is 32.8 Å². The third kappa shape index (κ3) is 7.31. The van der Waals surface area contributed by atoms with Crippen molar-refractivity contribution in [3.8, 4) is 0 Å². The molecule has 6 heteroatoms. The lowest BCUT2D eigenvalue weighted by Gasteiger charge is -2.23. The number of carbonyl (C=O) groups excluding carboxylic acids is 2. The van der Waals surface area contributed by atoms with Crippen LogP contribution in [0.4, 0.5) is 4.79 Å². The SMILES string of the molecule is CC(C)(C)OC(=O)N[C@@H](CC(=O)NO)Cc1ccccc1. The van der Waals surface area contributed by atoms with Crippen molar-refractivity contribution in [1.82, 2.24) is 10.8 Å². The van der Waals surface area contributed by atoms with Crippen LogP contribution in [0.3, 0.4) is 0 Å². The van der Waals surface area contributed by atoms with Crippen molar-refractivity contribution < 1.29 is 19.5 Å². The van der Waals surface area contributed by atoms with Gasteiger partial charge >= 0.3 is 6.09 Å². The average molecular weight is 294 g/mol. The van der Waals surface area contributed by atoms with Gasteiger partial charge in [0.25, 0.3) is 0 Å². The van der Waals surface area contributed by atoms with Gasteiger partial charge in [0.2, 0.25) is 5.91 Å². The summed E-state index contributed by atoms with van der Waals surface area (Å²) in [5, 5.41) is 11.3. The molecular weight excluding hydrogens is 272 g/mol. The Bertz CT molecular complexity index is 468. The van der Waals surface area contributed by atoms with Crippen LogP contribution in [0, 0.1) is 0 Å². The lowest BCUT2D eigenvalue weighted by molar-refractivity contribution is -0.129. The number of hydrogen-bond donors (Lipinski definition) is 3. The van der Waals surface area contributed by atoms with Gasteiger partial charge in [-0.15, -0.1) is 0 Å². The summed E-state index contributed by atoms with van der Waals surface area (Å²) in [5.41, 5.74) is 1.94. The lowest BCUT2D eigenvalue weighted by Crippen LogP contribution is -2.42. The van der Waals surface area contributed by atoms with Gasteiger partial charge in [0.15, 0.2) is 0 Å². The van der Waals surface area contributed by atoms with E-state index in [0.29, 0.717) is 6.42 Å². The van der Waals surface area contributed by atoms with E-state index in [1.165, 1.54) is 0 Å². The molecule has 2 amide bonds. The molecule has 1 atom stereocenters. The minimum atomic E-state index is -0.610. The van der Waals surface area contributed by atoms with E-state index in [1.54, 1.807) is 26.3 Å². The molecule has 0 saturated carbocycles. The molecule has 1 aromatic carbocycles. The van der Waals surface area contributed by atoms with Gasteiger partial charge < -0.3 is 10.1 Å². The number of benzene rings is 1. The highest BCUT2D eigenvalue weighted by molar-refractivity contribution is 5.76. The predicted molar refractivity (Wildman–Crippen MR) is 77.8 cm³/mol. The zero-order valence-corrected chi connectivity index (χ0v) is 12.6. The summed E-state index contributed by atoms with van der Waals surface area (Å²) in [4.78, 5) is 23.1. The highest BCUT2D eigenvalue weighted by Crippen LogP contribution is 2.10. The maximum absolute atomic E-state index is 11.8. The molecule has 116 valence electrons.